The van der Waals surface area contributed by atoms with Crippen LogP contribution in [0.3, 0.4) is 0 Å². The summed E-state index contributed by atoms with van der Waals surface area (Å²) in [5, 5.41) is 12.7. The topological polar surface area (TPSA) is 99.2 Å². The van der Waals surface area contributed by atoms with Gasteiger partial charge in [-0.1, -0.05) is 41.1 Å². The number of hydrogen-bond acceptors (Lipinski definition) is 6. The van der Waals surface area contributed by atoms with E-state index in [1.54, 1.807) is 21.9 Å². The van der Waals surface area contributed by atoms with Crippen molar-refractivity contribution in [1.29, 1.82) is 0 Å². The smallest absolute Gasteiger partial charge is 0.399 e. The normalized spacial score (nSPS) is 21.7. The molecule has 0 bridgehead atoms. The van der Waals surface area contributed by atoms with Gasteiger partial charge in [-0.05, 0) is 60.7 Å². The van der Waals surface area contributed by atoms with Crippen LogP contribution in [0.1, 0.15) is 24.8 Å². The van der Waals surface area contributed by atoms with Gasteiger partial charge in [0.25, 0.3) is 0 Å². The van der Waals surface area contributed by atoms with Crippen molar-refractivity contribution in [2.45, 2.75) is 25.8 Å². The van der Waals surface area contributed by atoms with E-state index in [1.165, 1.54) is 0 Å². The van der Waals surface area contributed by atoms with Crippen LogP contribution in [0.15, 0.2) is 59.8 Å². The predicted octanol–water partition coefficient (Wildman–Crippen LogP) is 4.10. The Morgan fingerprint density at radius 1 is 1.22 bits per heavy atom. The molecule has 1 aromatic carbocycles. The minimum atomic E-state index is -0.632. The van der Waals surface area contributed by atoms with Gasteiger partial charge < -0.3 is 19.6 Å². The maximum absolute atomic E-state index is 13.2. The van der Waals surface area contributed by atoms with Crippen molar-refractivity contribution >= 4 is 46.5 Å². The number of ether oxygens (including phenoxy) is 1. The molecule has 2 aliphatic heterocycles. The van der Waals surface area contributed by atoms with E-state index in [1.807, 2.05) is 36.4 Å². The second kappa shape index (κ2) is 10.5. The number of rotatable bonds is 6. The molecule has 0 radical (unpaired) electrons. The number of thiophene rings is 1. The number of hydrogen-bond donors (Lipinski definition) is 2. The SMILES string of the molecule is O=C(NC1=C2CN(Cc3cccc(N4CCCC(CO)C4=O)c3)C(=O)C2CC=C1)Oc1ccc(Cl)s1. The Hall–Kier alpha value is -3.14. The maximum Gasteiger partial charge on any atom is 0.417 e. The summed E-state index contributed by atoms with van der Waals surface area (Å²) in [5.41, 5.74) is 3.13. The highest BCUT2D eigenvalue weighted by atomic mass is 35.5. The first kappa shape index (κ1) is 24.5. The second-order valence-corrected chi connectivity index (χ2v) is 10.8. The quantitative estimate of drug-likeness (QED) is 0.589. The number of aliphatic hydroxyl groups excluding tert-OH is 1. The van der Waals surface area contributed by atoms with Gasteiger partial charge in [0.05, 0.1) is 22.8 Å². The number of piperidine rings is 1. The lowest BCUT2D eigenvalue weighted by molar-refractivity contribution is -0.131. The highest BCUT2D eigenvalue weighted by Gasteiger charge is 2.38. The lowest BCUT2D eigenvalue weighted by atomic mass is 9.92. The van der Waals surface area contributed by atoms with Crippen molar-refractivity contribution in [3.8, 4) is 5.06 Å². The Labute approximate surface area is 217 Å². The fourth-order valence-electron chi connectivity index (χ4n) is 4.96. The molecule has 10 heteroatoms. The average molecular weight is 528 g/mol. The molecule has 2 atom stereocenters. The summed E-state index contributed by atoms with van der Waals surface area (Å²) in [6.45, 7) is 1.26. The monoisotopic (exact) mass is 527 g/mol. The molecule has 2 aromatic rings. The van der Waals surface area contributed by atoms with Crippen LogP contribution < -0.4 is 15.0 Å². The third kappa shape index (κ3) is 5.04. The first-order chi connectivity index (χ1) is 17.4. The molecule has 188 valence electrons. The number of nitrogens with zero attached hydrogens (tertiary/aromatic N) is 2. The molecule has 36 heavy (non-hydrogen) atoms. The Bertz CT molecular complexity index is 1260. The van der Waals surface area contributed by atoms with E-state index in [0.717, 1.165) is 34.6 Å². The van der Waals surface area contributed by atoms with Crippen LogP contribution in [-0.4, -0.2) is 47.6 Å². The molecule has 2 fully saturated rings. The molecule has 0 saturated carbocycles. The summed E-state index contributed by atoms with van der Waals surface area (Å²) in [6, 6.07) is 10.9. The average Bonchev–Trinajstić information content (AvgIpc) is 3.42. The van der Waals surface area contributed by atoms with E-state index in [4.69, 9.17) is 16.3 Å². The number of carbonyl (C=O) groups is 3. The molecule has 8 nitrogen and oxygen atoms in total. The van der Waals surface area contributed by atoms with Gasteiger partial charge in [0.1, 0.15) is 0 Å². The Morgan fingerprint density at radius 2 is 2.08 bits per heavy atom. The first-order valence-corrected chi connectivity index (χ1v) is 13.1. The molecular formula is C26H26ClN3O5S. The lowest BCUT2D eigenvalue weighted by Gasteiger charge is -2.32. The molecule has 5 rings (SSSR count). The number of aliphatic hydroxyl groups is 1. The fraction of sp³-hybridized carbons (Fsp3) is 0.346. The Morgan fingerprint density at radius 3 is 2.86 bits per heavy atom. The summed E-state index contributed by atoms with van der Waals surface area (Å²) >= 11 is 7.06. The molecule has 1 aromatic heterocycles. The van der Waals surface area contributed by atoms with Crippen LogP contribution in [0, 0.1) is 11.8 Å². The van der Waals surface area contributed by atoms with Crippen molar-refractivity contribution in [2.75, 3.05) is 24.6 Å². The number of anilines is 1. The third-order valence-electron chi connectivity index (χ3n) is 6.74. The number of nitrogens with one attached hydrogen (secondary N) is 1. The van der Waals surface area contributed by atoms with Gasteiger partial charge in [0.2, 0.25) is 11.8 Å². The van der Waals surface area contributed by atoms with E-state index >= 15 is 0 Å². The number of carbonyl (C=O) groups excluding carboxylic acids is 3. The van der Waals surface area contributed by atoms with Crippen molar-refractivity contribution in [2.24, 2.45) is 11.8 Å². The molecule has 3 amide bonds. The molecule has 0 spiro atoms. The zero-order valence-corrected chi connectivity index (χ0v) is 21.1. The molecule has 2 unspecified atom stereocenters. The van der Waals surface area contributed by atoms with Crippen LogP contribution >= 0.6 is 22.9 Å². The van der Waals surface area contributed by atoms with Gasteiger partial charge >= 0.3 is 6.09 Å². The first-order valence-electron chi connectivity index (χ1n) is 11.9. The Kier molecular flexibility index (Phi) is 7.13. The minimum Gasteiger partial charge on any atom is -0.399 e. The lowest BCUT2D eigenvalue weighted by Crippen LogP contribution is -2.42. The van der Waals surface area contributed by atoms with Crippen LogP contribution in [-0.2, 0) is 16.1 Å². The van der Waals surface area contributed by atoms with Gasteiger partial charge in [-0.2, -0.15) is 0 Å². The van der Waals surface area contributed by atoms with Crippen molar-refractivity contribution < 1.29 is 24.2 Å². The van der Waals surface area contributed by atoms with E-state index in [9.17, 15) is 19.5 Å². The predicted molar refractivity (Wildman–Crippen MR) is 137 cm³/mol. The van der Waals surface area contributed by atoms with Gasteiger partial charge in [-0.3, -0.25) is 14.9 Å². The number of benzene rings is 1. The summed E-state index contributed by atoms with van der Waals surface area (Å²) in [7, 11) is 0. The van der Waals surface area contributed by atoms with E-state index in [0.29, 0.717) is 47.6 Å². The van der Waals surface area contributed by atoms with Crippen LogP contribution in [0.25, 0.3) is 0 Å². The van der Waals surface area contributed by atoms with Crippen LogP contribution in [0.2, 0.25) is 4.34 Å². The molecular weight excluding hydrogens is 502 g/mol. The van der Waals surface area contributed by atoms with Gasteiger partial charge in [-0.15, -0.1) is 0 Å². The highest BCUT2D eigenvalue weighted by Crippen LogP contribution is 2.35. The number of amides is 3. The molecule has 3 heterocycles. The van der Waals surface area contributed by atoms with Crippen molar-refractivity contribution in [3.05, 3.63) is 69.7 Å². The highest BCUT2D eigenvalue weighted by molar-refractivity contribution is 7.17. The van der Waals surface area contributed by atoms with Crippen LogP contribution in [0.4, 0.5) is 10.5 Å². The van der Waals surface area contributed by atoms with Crippen molar-refractivity contribution in [3.63, 3.8) is 0 Å². The molecule has 3 aliphatic rings. The fourth-order valence-corrected chi connectivity index (χ4v) is 5.83. The molecule has 2 saturated heterocycles. The van der Waals surface area contributed by atoms with E-state index < -0.39 is 6.09 Å². The zero-order chi connectivity index (χ0) is 25.2. The number of fused-ring (bicyclic) bond motifs is 1. The summed E-state index contributed by atoms with van der Waals surface area (Å²) in [5.74, 6) is -0.738. The van der Waals surface area contributed by atoms with Gasteiger partial charge in [-0.25, -0.2) is 4.79 Å². The number of halogens is 1. The number of allylic oxidation sites excluding steroid dienone is 2. The second-order valence-electron chi connectivity index (χ2n) is 9.08. The molecule has 2 N–H and O–H groups in total. The summed E-state index contributed by atoms with van der Waals surface area (Å²) < 4.78 is 5.82. The summed E-state index contributed by atoms with van der Waals surface area (Å²) in [4.78, 5) is 41.8. The van der Waals surface area contributed by atoms with Gasteiger partial charge in [0, 0.05) is 31.0 Å². The molecule has 1 aliphatic carbocycles. The summed E-state index contributed by atoms with van der Waals surface area (Å²) in [6.07, 6.45) is 5.18. The van der Waals surface area contributed by atoms with Crippen LogP contribution in [0.5, 0.6) is 5.06 Å². The van der Waals surface area contributed by atoms with E-state index in [2.05, 4.69) is 5.32 Å². The van der Waals surface area contributed by atoms with Gasteiger partial charge in [0.15, 0.2) is 5.06 Å². The minimum absolute atomic E-state index is 0.00634. The largest absolute Gasteiger partial charge is 0.417 e. The standard InChI is InChI=1S/C26H26ClN3O5S/c27-22-9-10-23(36-22)35-26(34)28-21-8-2-7-19-20(21)14-29(25(19)33)13-16-4-1-6-18(12-16)30-11-3-5-17(15-31)24(30)32/h1-2,4,6,8-10,12,17,19,31H,3,5,7,11,13-15H2,(H,28,34). The Balaban J connectivity index is 1.29. The number of likely N-dealkylation sites (tertiary alicyclic amines) is 1. The van der Waals surface area contributed by atoms with E-state index in [-0.39, 0.29) is 30.3 Å². The zero-order valence-electron chi connectivity index (χ0n) is 19.5. The maximum atomic E-state index is 13.2. The van der Waals surface area contributed by atoms with Crippen molar-refractivity contribution in [1.82, 2.24) is 10.2 Å². The third-order valence-corrected chi connectivity index (χ3v) is 7.85.